The largest absolute Gasteiger partial charge is 0.322 e. The first-order valence-electron chi connectivity index (χ1n) is 7.57. The Morgan fingerprint density at radius 2 is 1.73 bits per heavy atom. The average Bonchev–Trinajstić information content (AvgIpc) is 2.48. The summed E-state index contributed by atoms with van der Waals surface area (Å²) in [7, 11) is -1.20. The number of aromatic nitrogens is 1. The van der Waals surface area contributed by atoms with Gasteiger partial charge in [-0.2, -0.15) is 0 Å². The predicted octanol–water partition coefficient (Wildman–Crippen LogP) is 2.84. The van der Waals surface area contributed by atoms with Crippen LogP contribution in [0.5, 0.6) is 0 Å². The lowest BCUT2D eigenvalue weighted by Gasteiger charge is -2.29. The topological polar surface area (TPSA) is 50.2 Å². The Bertz CT molecular complexity index is 756. The Labute approximate surface area is 134 Å². The number of nitrogens with two attached hydrogens (primary N) is 1. The molecule has 0 bridgehead atoms. The number of fused-ring (bicyclic) bond motifs is 2. The molecule has 0 aliphatic carbocycles. The Morgan fingerprint density at radius 1 is 1.05 bits per heavy atom. The van der Waals surface area contributed by atoms with Gasteiger partial charge in [-0.3, -0.25) is 5.84 Å². The predicted molar refractivity (Wildman–Crippen MR) is 89.3 cm³/mol. The third-order valence-electron chi connectivity index (χ3n) is 3.99. The maximum Gasteiger partial charge on any atom is 0.322 e. The van der Waals surface area contributed by atoms with Gasteiger partial charge in [0.1, 0.15) is 16.3 Å². The summed E-state index contributed by atoms with van der Waals surface area (Å²) in [6, 6.07) is 12.0. The average molecular weight is 316 g/mol. The van der Waals surface area contributed by atoms with Crippen molar-refractivity contribution in [3.05, 3.63) is 42.1 Å². The molecule has 2 aromatic rings. The van der Waals surface area contributed by atoms with Crippen molar-refractivity contribution in [3.8, 4) is 0 Å². The van der Waals surface area contributed by atoms with Crippen LogP contribution in [0.4, 0.5) is 11.5 Å². The lowest BCUT2D eigenvalue weighted by atomic mass is 10.1. The van der Waals surface area contributed by atoms with E-state index in [9.17, 15) is 4.21 Å². The Kier molecular flexibility index (Phi) is 3.68. The number of nitrogen functional groups attached to an aromatic ring is 1. The molecule has 2 heterocycles. The number of benzene rings is 1. The third kappa shape index (κ3) is 2.11. The van der Waals surface area contributed by atoms with Crippen LogP contribution >= 0.6 is 0 Å². The number of pyridine rings is 1. The quantitative estimate of drug-likeness (QED) is 0.685. The van der Waals surface area contributed by atoms with Crippen LogP contribution in [0, 0.1) is 0 Å². The zero-order valence-electron chi connectivity index (χ0n) is 13.4. The molecule has 0 radical (unpaired) electrons. The van der Waals surface area contributed by atoms with Gasteiger partial charge in [0.15, 0.2) is 0 Å². The highest BCUT2D eigenvalue weighted by Crippen LogP contribution is 2.41. The molecule has 5 heteroatoms. The minimum Gasteiger partial charge on any atom is -0.268 e. The van der Waals surface area contributed by atoms with Crippen LogP contribution in [0.15, 0.2) is 46.2 Å². The van der Waals surface area contributed by atoms with Crippen molar-refractivity contribution < 1.29 is 8.89 Å². The van der Waals surface area contributed by atoms with E-state index in [0.29, 0.717) is 5.92 Å². The van der Waals surface area contributed by atoms with Crippen LogP contribution < -0.4 is 15.4 Å². The van der Waals surface area contributed by atoms with Gasteiger partial charge in [0.2, 0.25) is 0 Å². The van der Waals surface area contributed by atoms with Gasteiger partial charge in [-0.1, -0.05) is 26.0 Å². The first-order chi connectivity index (χ1) is 10.4. The molecule has 1 aromatic heterocycles. The maximum absolute atomic E-state index is 12.9. The van der Waals surface area contributed by atoms with Crippen LogP contribution in [0.2, 0.25) is 0 Å². The van der Waals surface area contributed by atoms with Gasteiger partial charge in [0.25, 0.3) is 0 Å². The van der Waals surface area contributed by atoms with Gasteiger partial charge in [0.05, 0.1) is 21.7 Å². The van der Waals surface area contributed by atoms with E-state index in [1.165, 1.54) is 0 Å². The zero-order valence-corrected chi connectivity index (χ0v) is 14.2. The maximum atomic E-state index is 12.9. The molecule has 1 aliphatic heterocycles. The second-order valence-corrected chi connectivity index (χ2v) is 7.59. The number of anilines is 2. The fourth-order valence-corrected chi connectivity index (χ4v) is 4.32. The van der Waals surface area contributed by atoms with Gasteiger partial charge < -0.3 is 0 Å². The van der Waals surface area contributed by atoms with E-state index in [-0.39, 0.29) is 6.04 Å². The van der Waals surface area contributed by atoms with E-state index in [0.717, 1.165) is 27.0 Å². The van der Waals surface area contributed by atoms with Crippen molar-refractivity contribution in [1.82, 2.24) is 0 Å². The van der Waals surface area contributed by atoms with Crippen LogP contribution in [0.25, 0.3) is 0 Å². The number of para-hydroxylation sites is 1. The van der Waals surface area contributed by atoms with E-state index in [4.69, 9.17) is 5.84 Å². The number of hydrogen-bond acceptors (Lipinski definition) is 3. The molecule has 1 unspecified atom stereocenters. The minimum atomic E-state index is -1.20. The standard InChI is InChI=1S/C17H22N3OS/c1-11(2)13-9-10-16-17(20(13)18)19(12(3)4)14-7-5-6-8-15(14)22(16)21/h5-12H,18H2,1-4H3/q+1. The summed E-state index contributed by atoms with van der Waals surface area (Å²) < 4.78 is 14.6. The molecule has 3 rings (SSSR count). The summed E-state index contributed by atoms with van der Waals surface area (Å²) in [6.07, 6.45) is 0. The first kappa shape index (κ1) is 15.0. The molecule has 116 valence electrons. The van der Waals surface area contributed by atoms with Crippen LogP contribution in [-0.4, -0.2) is 10.3 Å². The molecule has 0 saturated carbocycles. The SMILES string of the molecule is CC(C)c1ccc2c([n+]1N)N(C(C)C)c1ccccc1S2=O. The second kappa shape index (κ2) is 5.39. The second-order valence-electron chi connectivity index (χ2n) is 6.17. The lowest BCUT2D eigenvalue weighted by Crippen LogP contribution is -2.55. The molecule has 0 saturated heterocycles. The molecular formula is C17H22N3OS+. The number of rotatable bonds is 2. The molecule has 0 spiro atoms. The van der Waals surface area contributed by atoms with Crippen molar-refractivity contribution >= 4 is 22.3 Å². The molecule has 1 atom stereocenters. The van der Waals surface area contributed by atoms with Crippen LogP contribution in [0.3, 0.4) is 0 Å². The normalized spacial score (nSPS) is 16.8. The van der Waals surface area contributed by atoms with Gasteiger partial charge in [-0.05, 0) is 38.1 Å². The fraction of sp³-hybridized carbons (Fsp3) is 0.353. The monoisotopic (exact) mass is 316 g/mol. The summed E-state index contributed by atoms with van der Waals surface area (Å²) in [6.45, 7) is 8.46. The molecule has 1 aromatic carbocycles. The van der Waals surface area contributed by atoms with Gasteiger partial charge in [-0.15, -0.1) is 4.68 Å². The molecular weight excluding hydrogens is 294 g/mol. The fourth-order valence-electron chi connectivity index (χ4n) is 2.98. The number of nitrogens with zero attached hydrogens (tertiary/aromatic N) is 2. The highest BCUT2D eigenvalue weighted by molar-refractivity contribution is 7.85. The highest BCUT2D eigenvalue weighted by atomic mass is 32.2. The number of hydrogen-bond donors (Lipinski definition) is 1. The Balaban J connectivity index is 2.33. The summed E-state index contributed by atoms with van der Waals surface area (Å²) in [5, 5.41) is 0. The summed E-state index contributed by atoms with van der Waals surface area (Å²) in [5.41, 5.74) is 2.00. The molecule has 4 nitrogen and oxygen atoms in total. The van der Waals surface area contributed by atoms with Gasteiger partial charge >= 0.3 is 5.82 Å². The molecule has 2 N–H and O–H groups in total. The van der Waals surface area contributed by atoms with Gasteiger partial charge in [-0.25, -0.2) is 9.11 Å². The van der Waals surface area contributed by atoms with Crippen molar-refractivity contribution in [2.24, 2.45) is 0 Å². The molecule has 0 amide bonds. The smallest absolute Gasteiger partial charge is 0.268 e. The van der Waals surface area contributed by atoms with E-state index in [2.05, 4.69) is 32.6 Å². The lowest BCUT2D eigenvalue weighted by molar-refractivity contribution is -0.637. The van der Waals surface area contributed by atoms with E-state index >= 15 is 0 Å². The van der Waals surface area contributed by atoms with E-state index < -0.39 is 10.8 Å². The summed E-state index contributed by atoms with van der Waals surface area (Å²) in [5.74, 6) is 7.53. The van der Waals surface area contributed by atoms with Crippen molar-refractivity contribution in [2.75, 3.05) is 10.7 Å². The van der Waals surface area contributed by atoms with Crippen LogP contribution in [0.1, 0.15) is 39.3 Å². The first-order valence-corrected chi connectivity index (χ1v) is 8.72. The summed E-state index contributed by atoms with van der Waals surface area (Å²) in [4.78, 5) is 3.80. The van der Waals surface area contributed by atoms with Crippen LogP contribution in [-0.2, 0) is 10.8 Å². The summed E-state index contributed by atoms with van der Waals surface area (Å²) >= 11 is 0. The van der Waals surface area contributed by atoms with Gasteiger partial charge in [0, 0.05) is 5.92 Å². The highest BCUT2D eigenvalue weighted by Gasteiger charge is 2.39. The molecule has 22 heavy (non-hydrogen) atoms. The Morgan fingerprint density at radius 3 is 2.36 bits per heavy atom. The van der Waals surface area contributed by atoms with Crippen molar-refractivity contribution in [3.63, 3.8) is 0 Å². The van der Waals surface area contributed by atoms with Crippen molar-refractivity contribution in [1.29, 1.82) is 0 Å². The third-order valence-corrected chi connectivity index (χ3v) is 5.46. The Hall–Kier alpha value is -1.88. The minimum absolute atomic E-state index is 0.217. The zero-order chi connectivity index (χ0) is 16.0. The molecule has 1 aliphatic rings. The molecule has 0 fully saturated rings. The van der Waals surface area contributed by atoms with E-state index in [1.54, 1.807) is 4.68 Å². The van der Waals surface area contributed by atoms with Crippen molar-refractivity contribution in [2.45, 2.75) is 49.4 Å². The van der Waals surface area contributed by atoms with E-state index in [1.807, 2.05) is 36.4 Å².